The molecule has 0 radical (unpaired) electrons. The monoisotopic (exact) mass is 509 g/mol. The number of hydrogen-bond donors (Lipinski definition) is 0. The van der Waals surface area contributed by atoms with E-state index in [0.29, 0.717) is 29.6 Å². The number of rotatable bonds is 7. The summed E-state index contributed by atoms with van der Waals surface area (Å²) in [5, 5.41) is 0.699. The van der Waals surface area contributed by atoms with E-state index < -0.39 is 0 Å². The van der Waals surface area contributed by atoms with Gasteiger partial charge in [-0.3, -0.25) is 4.79 Å². The van der Waals surface area contributed by atoms with Crippen LogP contribution in [0.5, 0.6) is 0 Å². The predicted molar refractivity (Wildman–Crippen MR) is 124 cm³/mol. The number of fused-ring (bicyclic) bond motifs is 1. The van der Waals surface area contributed by atoms with E-state index in [1.54, 1.807) is 0 Å². The van der Waals surface area contributed by atoms with Gasteiger partial charge in [-0.2, -0.15) is 0 Å². The second-order valence-corrected chi connectivity index (χ2v) is 9.08. The van der Waals surface area contributed by atoms with E-state index in [2.05, 4.69) is 47.9 Å². The third-order valence-corrected chi connectivity index (χ3v) is 5.49. The Bertz CT molecular complexity index is 966. The molecular formula is C22H25ClIN3O. The van der Waals surface area contributed by atoms with Gasteiger partial charge in [-0.15, -0.1) is 0 Å². The molecule has 0 saturated heterocycles. The van der Waals surface area contributed by atoms with Crippen molar-refractivity contribution in [1.82, 2.24) is 14.5 Å². The van der Waals surface area contributed by atoms with Crippen molar-refractivity contribution < 1.29 is 4.79 Å². The van der Waals surface area contributed by atoms with Crippen molar-refractivity contribution in [2.24, 2.45) is 5.92 Å². The molecule has 1 aromatic heterocycles. The summed E-state index contributed by atoms with van der Waals surface area (Å²) in [7, 11) is 0. The van der Waals surface area contributed by atoms with Crippen molar-refractivity contribution in [3.05, 3.63) is 62.4 Å². The Morgan fingerprint density at radius 2 is 1.93 bits per heavy atom. The van der Waals surface area contributed by atoms with Gasteiger partial charge in [-0.05, 0) is 77.4 Å². The zero-order valence-corrected chi connectivity index (χ0v) is 19.4. The average molecular weight is 510 g/mol. The van der Waals surface area contributed by atoms with Crippen LogP contribution in [0.2, 0.25) is 5.02 Å². The van der Waals surface area contributed by atoms with E-state index in [1.807, 2.05) is 47.4 Å². The number of aromatic nitrogens is 2. The highest BCUT2D eigenvalue weighted by Crippen LogP contribution is 2.23. The summed E-state index contributed by atoms with van der Waals surface area (Å²) in [5.74, 6) is 1.31. The Kier molecular flexibility index (Phi) is 6.99. The van der Waals surface area contributed by atoms with E-state index >= 15 is 0 Å². The number of imidazole rings is 1. The number of benzene rings is 2. The zero-order chi connectivity index (χ0) is 20.3. The van der Waals surface area contributed by atoms with Crippen molar-refractivity contribution in [2.45, 2.75) is 40.3 Å². The normalized spacial score (nSPS) is 11.4. The molecule has 1 heterocycles. The second-order valence-electron chi connectivity index (χ2n) is 7.40. The topological polar surface area (TPSA) is 38.1 Å². The third-order valence-electron chi connectivity index (χ3n) is 4.53. The van der Waals surface area contributed by atoms with Gasteiger partial charge in [0, 0.05) is 27.2 Å². The van der Waals surface area contributed by atoms with Crippen LogP contribution in [0.15, 0.2) is 42.5 Å². The van der Waals surface area contributed by atoms with Gasteiger partial charge in [0.2, 0.25) is 0 Å². The molecule has 0 N–H and O–H groups in total. The van der Waals surface area contributed by atoms with Gasteiger partial charge in [0.15, 0.2) is 0 Å². The first kappa shape index (κ1) is 21.1. The average Bonchev–Trinajstić information content (AvgIpc) is 2.98. The molecule has 4 nitrogen and oxygen atoms in total. The van der Waals surface area contributed by atoms with Crippen molar-refractivity contribution >= 4 is 51.1 Å². The molecule has 3 aromatic rings. The minimum atomic E-state index is 0.0400. The summed E-state index contributed by atoms with van der Waals surface area (Å²) in [6.45, 7) is 8.41. The fraction of sp³-hybridized carbons (Fsp3) is 0.364. The highest BCUT2D eigenvalue weighted by Gasteiger charge is 2.21. The Morgan fingerprint density at radius 3 is 2.57 bits per heavy atom. The largest absolute Gasteiger partial charge is 0.331 e. The summed E-state index contributed by atoms with van der Waals surface area (Å²) < 4.78 is 3.31. The first-order valence-corrected chi connectivity index (χ1v) is 11.0. The van der Waals surface area contributed by atoms with Crippen LogP contribution in [-0.4, -0.2) is 26.9 Å². The molecule has 6 heteroatoms. The van der Waals surface area contributed by atoms with Crippen molar-refractivity contribution in [3.8, 4) is 0 Å². The van der Waals surface area contributed by atoms with Gasteiger partial charge in [0.1, 0.15) is 5.82 Å². The number of nitrogens with zero attached hydrogens (tertiary/aromatic N) is 3. The molecule has 148 valence electrons. The summed E-state index contributed by atoms with van der Waals surface area (Å²) in [6.07, 6.45) is 0.986. The van der Waals surface area contributed by atoms with E-state index in [9.17, 15) is 4.79 Å². The fourth-order valence-electron chi connectivity index (χ4n) is 3.35. The lowest BCUT2D eigenvalue weighted by molar-refractivity contribution is 0.0716. The molecule has 0 aliphatic carbocycles. The lowest BCUT2D eigenvalue weighted by Gasteiger charge is -2.25. The van der Waals surface area contributed by atoms with E-state index in [4.69, 9.17) is 16.6 Å². The Labute approximate surface area is 185 Å². The maximum absolute atomic E-state index is 13.2. The Hall–Kier alpha value is -1.60. The third kappa shape index (κ3) is 4.87. The van der Waals surface area contributed by atoms with Crippen molar-refractivity contribution in [2.75, 3.05) is 6.54 Å². The minimum absolute atomic E-state index is 0.0400. The first-order chi connectivity index (χ1) is 13.4. The molecule has 0 aliphatic rings. The number of aryl methyl sites for hydroxylation is 1. The van der Waals surface area contributed by atoms with Gasteiger partial charge in [0.05, 0.1) is 17.6 Å². The van der Waals surface area contributed by atoms with Crippen LogP contribution >= 0.6 is 34.2 Å². The molecule has 2 aromatic carbocycles. The number of halogens is 2. The molecule has 3 rings (SSSR count). The van der Waals surface area contributed by atoms with Gasteiger partial charge < -0.3 is 9.47 Å². The SMILES string of the molecule is CCCn1c(CN(CC(C)C)C(=O)c2ccc(I)cc2)nc2ccc(Cl)cc21. The number of carbonyl (C=O) groups excluding carboxylic acids is 1. The number of amides is 1. The van der Waals surface area contributed by atoms with E-state index in [-0.39, 0.29) is 5.91 Å². The van der Waals surface area contributed by atoms with Crippen LogP contribution in [0.4, 0.5) is 0 Å². The Morgan fingerprint density at radius 1 is 1.21 bits per heavy atom. The highest BCUT2D eigenvalue weighted by molar-refractivity contribution is 14.1. The molecule has 0 spiro atoms. The summed E-state index contributed by atoms with van der Waals surface area (Å²) in [5.41, 5.74) is 2.65. The summed E-state index contributed by atoms with van der Waals surface area (Å²) in [4.78, 5) is 19.9. The standard InChI is InChI=1S/C22H25ClIN3O/c1-4-11-27-20-12-17(23)7-10-19(20)25-21(27)14-26(13-15(2)3)22(28)16-5-8-18(24)9-6-16/h5-10,12,15H,4,11,13-14H2,1-3H3. The van der Waals surface area contributed by atoms with Gasteiger partial charge >= 0.3 is 0 Å². The second kappa shape index (κ2) is 9.27. The van der Waals surface area contributed by atoms with Crippen LogP contribution in [-0.2, 0) is 13.1 Å². The number of carbonyl (C=O) groups is 1. The lowest BCUT2D eigenvalue weighted by Crippen LogP contribution is -2.34. The van der Waals surface area contributed by atoms with Crippen LogP contribution in [0.25, 0.3) is 11.0 Å². The smallest absolute Gasteiger partial charge is 0.254 e. The van der Waals surface area contributed by atoms with Crippen molar-refractivity contribution in [1.29, 1.82) is 0 Å². The van der Waals surface area contributed by atoms with Gasteiger partial charge in [0.25, 0.3) is 5.91 Å². The highest BCUT2D eigenvalue weighted by atomic mass is 127. The van der Waals surface area contributed by atoms with E-state index in [0.717, 1.165) is 33.4 Å². The van der Waals surface area contributed by atoms with Crippen LogP contribution in [0, 0.1) is 9.49 Å². The molecule has 0 saturated carbocycles. The maximum Gasteiger partial charge on any atom is 0.254 e. The first-order valence-electron chi connectivity index (χ1n) is 9.58. The maximum atomic E-state index is 13.2. The predicted octanol–water partition coefficient (Wildman–Crippen LogP) is 6.00. The van der Waals surface area contributed by atoms with Crippen LogP contribution in [0.1, 0.15) is 43.4 Å². The molecule has 28 heavy (non-hydrogen) atoms. The van der Waals surface area contributed by atoms with Crippen molar-refractivity contribution in [3.63, 3.8) is 0 Å². The quantitative estimate of drug-likeness (QED) is 0.366. The van der Waals surface area contributed by atoms with Gasteiger partial charge in [-0.25, -0.2) is 4.98 Å². The molecule has 0 bridgehead atoms. The molecule has 0 unspecified atom stereocenters. The lowest BCUT2D eigenvalue weighted by atomic mass is 10.1. The molecule has 0 atom stereocenters. The molecule has 0 fully saturated rings. The van der Waals surface area contributed by atoms with E-state index in [1.165, 1.54) is 0 Å². The molecular weight excluding hydrogens is 485 g/mol. The van der Waals surface area contributed by atoms with Crippen LogP contribution in [0.3, 0.4) is 0 Å². The number of hydrogen-bond acceptors (Lipinski definition) is 2. The minimum Gasteiger partial charge on any atom is -0.331 e. The fourth-order valence-corrected chi connectivity index (χ4v) is 3.87. The van der Waals surface area contributed by atoms with Crippen LogP contribution < -0.4 is 0 Å². The summed E-state index contributed by atoms with van der Waals surface area (Å²) >= 11 is 8.46. The molecule has 0 aliphatic heterocycles. The molecule has 1 amide bonds. The summed E-state index contributed by atoms with van der Waals surface area (Å²) in [6, 6.07) is 13.5. The Balaban J connectivity index is 1.97. The van der Waals surface area contributed by atoms with Gasteiger partial charge in [-0.1, -0.05) is 32.4 Å². The zero-order valence-electron chi connectivity index (χ0n) is 16.5.